The maximum atomic E-state index is 13.0. The second kappa shape index (κ2) is 11.5. The van der Waals surface area contributed by atoms with Gasteiger partial charge in [-0.05, 0) is 43.2 Å². The van der Waals surface area contributed by atoms with Gasteiger partial charge in [-0.1, -0.05) is 66.7 Å². The first-order valence-corrected chi connectivity index (χ1v) is 13.1. The van der Waals surface area contributed by atoms with Gasteiger partial charge in [-0.25, -0.2) is 4.98 Å². The van der Waals surface area contributed by atoms with Crippen LogP contribution in [0.4, 0.5) is 5.82 Å². The molecule has 0 radical (unpaired) electrons. The predicted octanol–water partition coefficient (Wildman–Crippen LogP) is 4.96. The van der Waals surface area contributed by atoms with Gasteiger partial charge < -0.3 is 20.7 Å². The van der Waals surface area contributed by atoms with E-state index in [1.807, 2.05) is 65.6 Å². The van der Waals surface area contributed by atoms with Gasteiger partial charge in [0.25, 0.3) is 5.91 Å². The minimum Gasteiger partial charge on any atom is -0.485 e. The third-order valence-electron chi connectivity index (χ3n) is 6.84. The highest BCUT2D eigenvalue weighted by atomic mass is 16.5. The lowest BCUT2D eigenvalue weighted by Gasteiger charge is -2.36. The number of hydrogen-bond donors (Lipinski definition) is 2. The Labute approximate surface area is 228 Å². The number of benzene rings is 3. The van der Waals surface area contributed by atoms with E-state index in [1.54, 1.807) is 30.5 Å². The molecule has 198 valence electrons. The van der Waals surface area contributed by atoms with Crippen molar-refractivity contribution in [3.8, 4) is 16.9 Å². The smallest absolute Gasteiger partial charge is 0.253 e. The minimum absolute atomic E-state index is 0.0195. The molecule has 0 bridgehead atoms. The van der Waals surface area contributed by atoms with Crippen LogP contribution >= 0.6 is 0 Å². The van der Waals surface area contributed by atoms with Crippen molar-refractivity contribution < 1.29 is 14.3 Å². The molecule has 0 saturated carbocycles. The zero-order valence-corrected chi connectivity index (χ0v) is 22.1. The van der Waals surface area contributed by atoms with Gasteiger partial charge in [0.1, 0.15) is 6.61 Å². The highest BCUT2D eigenvalue weighted by Gasteiger charge is 2.25. The van der Waals surface area contributed by atoms with Crippen molar-refractivity contribution in [2.45, 2.75) is 32.5 Å². The normalized spacial score (nSPS) is 17.0. The van der Waals surface area contributed by atoms with E-state index >= 15 is 0 Å². The lowest BCUT2D eigenvalue weighted by Crippen LogP contribution is -2.55. The summed E-state index contributed by atoms with van der Waals surface area (Å²) < 4.78 is 5.99. The number of nitrogens with two attached hydrogens (primary N) is 1. The van der Waals surface area contributed by atoms with Crippen molar-refractivity contribution >= 4 is 17.5 Å². The van der Waals surface area contributed by atoms with Crippen molar-refractivity contribution in [2.24, 2.45) is 0 Å². The van der Waals surface area contributed by atoms with Gasteiger partial charge in [-0.2, -0.15) is 0 Å². The summed E-state index contributed by atoms with van der Waals surface area (Å²) in [7, 11) is 0. The van der Waals surface area contributed by atoms with Gasteiger partial charge in [0.05, 0.1) is 0 Å². The number of carbonyl (C=O) groups excluding carboxylic acids is 2. The number of nitrogen functional groups attached to an aromatic ring is 1. The average Bonchev–Trinajstić information content (AvgIpc) is 2.96. The Balaban J connectivity index is 1.24. The second-order valence-electron chi connectivity index (χ2n) is 10.0. The number of rotatable bonds is 7. The standard InChI is InChI=1S/C32H32N4O3/c1-21-18-36(19-22(2)35-21)32(38)27-14-12-24(13-15-27)28-16-29(31(33)34-17-28)39-20-23-8-10-26(11-9-23)30(37)25-6-4-3-5-7-25/h3-17,21-22,35H,18-20H2,1-2H3,(H2,33,34). The van der Waals surface area contributed by atoms with E-state index in [0.717, 1.165) is 16.7 Å². The predicted molar refractivity (Wildman–Crippen MR) is 153 cm³/mol. The Hall–Kier alpha value is -4.49. The number of nitrogens with zero attached hydrogens (tertiary/aromatic N) is 2. The number of piperazine rings is 1. The molecule has 3 aromatic carbocycles. The van der Waals surface area contributed by atoms with Gasteiger partial charge in [-0.15, -0.1) is 0 Å². The summed E-state index contributed by atoms with van der Waals surface area (Å²) in [6, 6.07) is 26.5. The van der Waals surface area contributed by atoms with Crippen molar-refractivity contribution in [1.29, 1.82) is 0 Å². The van der Waals surface area contributed by atoms with Crippen molar-refractivity contribution in [2.75, 3.05) is 18.8 Å². The van der Waals surface area contributed by atoms with E-state index in [0.29, 0.717) is 41.3 Å². The number of pyridine rings is 1. The topological polar surface area (TPSA) is 97.6 Å². The molecule has 3 N–H and O–H groups in total. The van der Waals surface area contributed by atoms with Crippen LogP contribution in [0.25, 0.3) is 11.1 Å². The molecule has 39 heavy (non-hydrogen) atoms. The Morgan fingerprint density at radius 1 is 0.872 bits per heavy atom. The molecule has 2 atom stereocenters. The molecule has 4 aromatic rings. The van der Waals surface area contributed by atoms with Crippen LogP contribution in [0.1, 0.15) is 45.7 Å². The third-order valence-corrected chi connectivity index (χ3v) is 6.84. The number of ketones is 1. The summed E-state index contributed by atoms with van der Waals surface area (Å²) in [5.41, 5.74) is 10.7. The largest absolute Gasteiger partial charge is 0.485 e. The van der Waals surface area contributed by atoms with Gasteiger partial charge >= 0.3 is 0 Å². The molecule has 1 fully saturated rings. The highest BCUT2D eigenvalue weighted by Crippen LogP contribution is 2.28. The Bertz CT molecular complexity index is 1440. The lowest BCUT2D eigenvalue weighted by atomic mass is 10.0. The minimum atomic E-state index is -0.0195. The first-order chi connectivity index (χ1) is 18.9. The summed E-state index contributed by atoms with van der Waals surface area (Å²) in [4.78, 5) is 31.9. The number of aromatic nitrogens is 1. The number of anilines is 1. The van der Waals surface area contributed by atoms with Crippen LogP contribution in [-0.4, -0.2) is 46.7 Å². The number of ether oxygens (including phenoxy) is 1. The summed E-state index contributed by atoms with van der Waals surface area (Å²) >= 11 is 0. The van der Waals surface area contributed by atoms with Gasteiger partial charge in [-0.3, -0.25) is 9.59 Å². The quantitative estimate of drug-likeness (QED) is 0.334. The van der Waals surface area contributed by atoms with Crippen LogP contribution in [0, 0.1) is 0 Å². The lowest BCUT2D eigenvalue weighted by molar-refractivity contribution is 0.0673. The molecule has 0 aliphatic carbocycles. The average molecular weight is 521 g/mol. The van der Waals surface area contributed by atoms with Crippen LogP contribution < -0.4 is 15.8 Å². The fraction of sp³-hybridized carbons (Fsp3) is 0.219. The third kappa shape index (κ3) is 6.16. The van der Waals surface area contributed by atoms with E-state index < -0.39 is 0 Å². The van der Waals surface area contributed by atoms with Crippen LogP contribution in [0.15, 0.2) is 91.1 Å². The summed E-state index contributed by atoms with van der Waals surface area (Å²) in [6.45, 7) is 5.85. The fourth-order valence-corrected chi connectivity index (χ4v) is 4.88. The van der Waals surface area contributed by atoms with Crippen molar-refractivity contribution in [1.82, 2.24) is 15.2 Å². The van der Waals surface area contributed by atoms with Gasteiger partial charge in [0.2, 0.25) is 0 Å². The molecule has 1 aliphatic heterocycles. The maximum Gasteiger partial charge on any atom is 0.253 e. The maximum absolute atomic E-state index is 13.0. The SMILES string of the molecule is CC1CN(C(=O)c2ccc(-c3cnc(N)c(OCc4ccc(C(=O)c5ccccc5)cc4)c3)cc2)CC(C)N1. The highest BCUT2D eigenvalue weighted by molar-refractivity contribution is 6.08. The molecule has 1 amide bonds. The van der Waals surface area contributed by atoms with E-state index in [2.05, 4.69) is 24.1 Å². The van der Waals surface area contributed by atoms with E-state index in [9.17, 15) is 9.59 Å². The first kappa shape index (κ1) is 26.1. The Morgan fingerprint density at radius 2 is 1.49 bits per heavy atom. The van der Waals surface area contributed by atoms with Crippen molar-refractivity contribution in [3.05, 3.63) is 113 Å². The van der Waals surface area contributed by atoms with Gasteiger partial charge in [0.15, 0.2) is 17.4 Å². The number of carbonyl (C=O) groups is 2. The molecule has 0 spiro atoms. The Kier molecular flexibility index (Phi) is 7.70. The summed E-state index contributed by atoms with van der Waals surface area (Å²) in [5.74, 6) is 0.788. The number of hydrogen-bond acceptors (Lipinski definition) is 6. The zero-order valence-electron chi connectivity index (χ0n) is 22.1. The molecule has 1 aromatic heterocycles. The van der Waals surface area contributed by atoms with E-state index in [-0.39, 0.29) is 30.4 Å². The zero-order chi connectivity index (χ0) is 27.4. The van der Waals surface area contributed by atoms with Crippen LogP contribution in [0.5, 0.6) is 5.75 Å². The molecule has 1 aliphatic rings. The Morgan fingerprint density at radius 3 is 2.15 bits per heavy atom. The fourth-order valence-electron chi connectivity index (χ4n) is 4.88. The molecule has 2 unspecified atom stereocenters. The van der Waals surface area contributed by atoms with Crippen LogP contribution in [-0.2, 0) is 6.61 Å². The summed E-state index contributed by atoms with van der Waals surface area (Å²) in [5, 5.41) is 3.45. The number of amides is 1. The van der Waals surface area contributed by atoms with E-state index in [1.165, 1.54) is 0 Å². The monoisotopic (exact) mass is 520 g/mol. The molecule has 2 heterocycles. The number of nitrogens with one attached hydrogen (secondary N) is 1. The summed E-state index contributed by atoms with van der Waals surface area (Å²) in [6.07, 6.45) is 1.70. The molecule has 1 saturated heterocycles. The van der Waals surface area contributed by atoms with Crippen LogP contribution in [0.3, 0.4) is 0 Å². The molecule has 5 rings (SSSR count). The molecular formula is C32H32N4O3. The first-order valence-electron chi connectivity index (χ1n) is 13.1. The molecule has 7 nitrogen and oxygen atoms in total. The second-order valence-corrected chi connectivity index (χ2v) is 10.0. The van der Waals surface area contributed by atoms with Crippen LogP contribution in [0.2, 0.25) is 0 Å². The van der Waals surface area contributed by atoms with Gasteiger partial charge in [0, 0.05) is 53.6 Å². The van der Waals surface area contributed by atoms with Crippen molar-refractivity contribution in [3.63, 3.8) is 0 Å². The van der Waals surface area contributed by atoms with E-state index in [4.69, 9.17) is 10.5 Å². The molecular weight excluding hydrogens is 488 g/mol. The molecule has 7 heteroatoms.